The van der Waals surface area contributed by atoms with Crippen molar-refractivity contribution >= 4 is 17.7 Å². The zero-order valence-electron chi connectivity index (χ0n) is 13.0. The molecule has 1 heterocycles. The Morgan fingerprint density at radius 2 is 2.17 bits per heavy atom. The molecule has 1 aliphatic carbocycles. The number of aryl methyl sites for hydroxylation is 2. The number of hydrogen-bond acceptors (Lipinski definition) is 4. The van der Waals surface area contributed by atoms with E-state index in [0.717, 1.165) is 19.3 Å². The van der Waals surface area contributed by atoms with E-state index in [1.807, 2.05) is 6.07 Å². The lowest BCUT2D eigenvalue weighted by molar-refractivity contribution is -0.119. The van der Waals surface area contributed by atoms with Crippen LogP contribution in [0.3, 0.4) is 0 Å². The topological polar surface area (TPSA) is 74.8 Å². The molecule has 0 spiro atoms. The lowest BCUT2D eigenvalue weighted by atomic mass is 9.88. The Bertz CT molecular complexity index is 772. The van der Waals surface area contributed by atoms with Gasteiger partial charge in [-0.05, 0) is 37.3 Å². The molecular formula is C17H19N3O2S. The number of nitrogens with zero attached hydrogens (tertiary/aromatic N) is 1. The number of carbonyl (C=O) groups is 1. The second kappa shape index (κ2) is 7.00. The largest absolute Gasteiger partial charge is 0.352 e. The summed E-state index contributed by atoms with van der Waals surface area (Å²) in [6.45, 7) is 1.76. The van der Waals surface area contributed by atoms with Crippen molar-refractivity contribution in [3.8, 4) is 0 Å². The van der Waals surface area contributed by atoms with Crippen LogP contribution in [0.5, 0.6) is 0 Å². The van der Waals surface area contributed by atoms with Crippen molar-refractivity contribution in [1.29, 1.82) is 0 Å². The fourth-order valence-electron chi connectivity index (χ4n) is 2.84. The second-order valence-corrected chi connectivity index (χ2v) is 6.72. The summed E-state index contributed by atoms with van der Waals surface area (Å²) in [5.41, 5.74) is 3.17. The fourth-order valence-corrected chi connectivity index (χ4v) is 3.58. The van der Waals surface area contributed by atoms with Gasteiger partial charge in [-0.1, -0.05) is 36.0 Å². The number of fused-ring (bicyclic) bond motifs is 1. The van der Waals surface area contributed by atoms with E-state index in [-0.39, 0.29) is 23.3 Å². The molecule has 2 N–H and O–H groups in total. The molecule has 23 heavy (non-hydrogen) atoms. The normalized spacial score (nSPS) is 16.7. The smallest absolute Gasteiger partial charge is 0.251 e. The third-order valence-electron chi connectivity index (χ3n) is 3.90. The minimum Gasteiger partial charge on any atom is -0.352 e. The van der Waals surface area contributed by atoms with Crippen LogP contribution in [-0.4, -0.2) is 27.7 Å². The number of amides is 1. The first-order chi connectivity index (χ1) is 11.1. The predicted molar refractivity (Wildman–Crippen MR) is 90.7 cm³/mol. The van der Waals surface area contributed by atoms with Crippen LogP contribution in [0.1, 0.15) is 23.2 Å². The third-order valence-corrected chi connectivity index (χ3v) is 4.77. The van der Waals surface area contributed by atoms with Crippen LogP contribution >= 0.6 is 11.8 Å². The standard InChI is InChI=1S/C17H19N3O2S/c1-11-8-15(21)20-17(18-11)23-10-16(22)19-14-7-6-12-4-2-3-5-13(12)9-14/h2-5,8,14H,6-7,9-10H2,1H3,(H,19,22)(H,18,20,21). The van der Waals surface area contributed by atoms with Crippen molar-refractivity contribution in [2.24, 2.45) is 0 Å². The first-order valence-corrected chi connectivity index (χ1v) is 8.65. The Morgan fingerprint density at radius 1 is 1.39 bits per heavy atom. The van der Waals surface area contributed by atoms with Crippen LogP contribution in [0.15, 0.2) is 40.3 Å². The van der Waals surface area contributed by atoms with Crippen molar-refractivity contribution in [2.45, 2.75) is 37.4 Å². The monoisotopic (exact) mass is 329 g/mol. The molecule has 0 saturated heterocycles. The minimum absolute atomic E-state index is 0.0245. The van der Waals surface area contributed by atoms with Gasteiger partial charge in [0.25, 0.3) is 5.56 Å². The molecule has 0 fully saturated rings. The van der Waals surface area contributed by atoms with Crippen molar-refractivity contribution in [3.05, 3.63) is 57.5 Å². The van der Waals surface area contributed by atoms with Gasteiger partial charge in [0, 0.05) is 17.8 Å². The summed E-state index contributed by atoms with van der Waals surface area (Å²) in [7, 11) is 0. The van der Waals surface area contributed by atoms with Gasteiger partial charge in [0.15, 0.2) is 5.16 Å². The summed E-state index contributed by atoms with van der Waals surface area (Å²) in [6, 6.07) is 10.0. The SMILES string of the molecule is Cc1cc(=O)[nH]c(SCC(=O)NC2CCc3ccccc3C2)n1. The summed E-state index contributed by atoms with van der Waals surface area (Å²) in [6.07, 6.45) is 2.85. The minimum atomic E-state index is -0.190. The van der Waals surface area contributed by atoms with Gasteiger partial charge in [-0.3, -0.25) is 9.59 Å². The van der Waals surface area contributed by atoms with E-state index in [2.05, 4.69) is 33.5 Å². The fraction of sp³-hybridized carbons (Fsp3) is 0.353. The van der Waals surface area contributed by atoms with Gasteiger partial charge in [0.1, 0.15) is 0 Å². The summed E-state index contributed by atoms with van der Waals surface area (Å²) in [5.74, 6) is 0.230. The Balaban J connectivity index is 1.53. The highest BCUT2D eigenvalue weighted by Gasteiger charge is 2.19. The van der Waals surface area contributed by atoms with Crippen LogP contribution in [-0.2, 0) is 17.6 Å². The maximum Gasteiger partial charge on any atom is 0.251 e. The molecule has 2 aromatic rings. The highest BCUT2D eigenvalue weighted by Crippen LogP contribution is 2.21. The summed E-state index contributed by atoms with van der Waals surface area (Å²) in [4.78, 5) is 30.3. The molecule has 0 aliphatic heterocycles. The highest BCUT2D eigenvalue weighted by atomic mass is 32.2. The molecule has 1 aromatic heterocycles. The number of nitrogens with one attached hydrogen (secondary N) is 2. The van der Waals surface area contributed by atoms with Crippen LogP contribution in [0, 0.1) is 6.92 Å². The van der Waals surface area contributed by atoms with Crippen molar-refractivity contribution < 1.29 is 4.79 Å². The number of carbonyl (C=O) groups excluding carboxylic acids is 1. The van der Waals surface area contributed by atoms with Gasteiger partial charge >= 0.3 is 0 Å². The van der Waals surface area contributed by atoms with E-state index in [9.17, 15) is 9.59 Å². The molecule has 120 valence electrons. The molecule has 0 radical (unpaired) electrons. The number of benzene rings is 1. The van der Waals surface area contributed by atoms with E-state index < -0.39 is 0 Å². The summed E-state index contributed by atoms with van der Waals surface area (Å²) >= 11 is 1.25. The van der Waals surface area contributed by atoms with Crippen molar-refractivity contribution in [2.75, 3.05) is 5.75 Å². The lowest BCUT2D eigenvalue weighted by Crippen LogP contribution is -2.39. The van der Waals surface area contributed by atoms with Crippen molar-refractivity contribution in [1.82, 2.24) is 15.3 Å². The number of rotatable bonds is 4. The van der Waals surface area contributed by atoms with E-state index in [0.29, 0.717) is 10.9 Å². The summed E-state index contributed by atoms with van der Waals surface area (Å²) < 4.78 is 0. The van der Waals surface area contributed by atoms with Gasteiger partial charge in [0.2, 0.25) is 5.91 Å². The first kappa shape index (κ1) is 15.8. The number of hydrogen-bond donors (Lipinski definition) is 2. The summed E-state index contributed by atoms with van der Waals surface area (Å²) in [5, 5.41) is 3.56. The molecule has 6 heteroatoms. The molecule has 3 rings (SSSR count). The van der Waals surface area contributed by atoms with Gasteiger partial charge in [-0.2, -0.15) is 0 Å². The Labute approximate surface area is 138 Å². The van der Waals surface area contributed by atoms with E-state index in [4.69, 9.17) is 0 Å². The van der Waals surface area contributed by atoms with Crippen LogP contribution in [0.2, 0.25) is 0 Å². The van der Waals surface area contributed by atoms with E-state index in [1.165, 1.54) is 29.0 Å². The molecule has 1 atom stereocenters. The van der Waals surface area contributed by atoms with Crippen molar-refractivity contribution in [3.63, 3.8) is 0 Å². The van der Waals surface area contributed by atoms with Gasteiger partial charge in [-0.25, -0.2) is 4.98 Å². The van der Waals surface area contributed by atoms with E-state index >= 15 is 0 Å². The number of thioether (sulfide) groups is 1. The first-order valence-electron chi connectivity index (χ1n) is 7.67. The molecule has 1 aromatic carbocycles. The van der Waals surface area contributed by atoms with E-state index in [1.54, 1.807) is 6.92 Å². The van der Waals surface area contributed by atoms with Gasteiger partial charge < -0.3 is 10.3 Å². The zero-order chi connectivity index (χ0) is 16.2. The quantitative estimate of drug-likeness (QED) is 0.663. The molecule has 5 nitrogen and oxygen atoms in total. The average molecular weight is 329 g/mol. The number of aromatic amines is 1. The number of H-pyrrole nitrogens is 1. The third kappa shape index (κ3) is 4.22. The molecular weight excluding hydrogens is 310 g/mol. The predicted octanol–water partition coefficient (Wildman–Crippen LogP) is 1.84. The van der Waals surface area contributed by atoms with Crippen LogP contribution in [0.25, 0.3) is 0 Å². The Kier molecular flexibility index (Phi) is 4.81. The maximum atomic E-state index is 12.1. The molecule has 1 unspecified atom stereocenters. The Hall–Kier alpha value is -2.08. The van der Waals surface area contributed by atoms with Crippen LogP contribution < -0.4 is 10.9 Å². The Morgan fingerprint density at radius 3 is 2.96 bits per heavy atom. The second-order valence-electron chi connectivity index (χ2n) is 5.76. The maximum absolute atomic E-state index is 12.1. The van der Waals surface area contributed by atoms with Gasteiger partial charge in [-0.15, -0.1) is 0 Å². The number of aromatic nitrogens is 2. The molecule has 1 amide bonds. The average Bonchev–Trinajstić information content (AvgIpc) is 2.52. The lowest BCUT2D eigenvalue weighted by Gasteiger charge is -2.25. The molecule has 1 aliphatic rings. The molecule has 0 saturated carbocycles. The highest BCUT2D eigenvalue weighted by molar-refractivity contribution is 7.99. The zero-order valence-corrected chi connectivity index (χ0v) is 13.8. The van der Waals surface area contributed by atoms with Gasteiger partial charge in [0.05, 0.1) is 5.75 Å². The van der Waals surface area contributed by atoms with Crippen LogP contribution in [0.4, 0.5) is 0 Å². The molecule has 0 bridgehead atoms.